The normalized spacial score (nSPS) is 11.3. The van der Waals surface area contributed by atoms with Crippen molar-refractivity contribution in [1.29, 1.82) is 0 Å². The highest BCUT2D eigenvalue weighted by Crippen LogP contribution is 2.09. The Hall–Kier alpha value is -0.780. The minimum atomic E-state index is -0.222. The van der Waals surface area contributed by atoms with E-state index in [1.54, 1.807) is 7.11 Å². The van der Waals surface area contributed by atoms with E-state index >= 15 is 0 Å². The molecule has 0 spiro atoms. The van der Waals surface area contributed by atoms with E-state index in [0.29, 0.717) is 45.5 Å². The lowest BCUT2D eigenvalue weighted by Crippen LogP contribution is -2.27. The standard InChI is InChI=1S/C13H27NO4/c1-12(18-13(2,3)4)14-6-7-16-10-11-17-9-8-15-5/h14H,1,6-11H2,2-5H3. The minimum Gasteiger partial charge on any atom is -0.474 e. The summed E-state index contributed by atoms with van der Waals surface area (Å²) in [4.78, 5) is 0. The van der Waals surface area contributed by atoms with Gasteiger partial charge in [0.1, 0.15) is 5.60 Å². The molecular formula is C13H27NO4. The van der Waals surface area contributed by atoms with Crippen LogP contribution in [-0.2, 0) is 18.9 Å². The van der Waals surface area contributed by atoms with Gasteiger partial charge >= 0.3 is 0 Å². The molecule has 0 aromatic heterocycles. The number of nitrogens with one attached hydrogen (secondary N) is 1. The van der Waals surface area contributed by atoms with Gasteiger partial charge in [-0.1, -0.05) is 0 Å². The van der Waals surface area contributed by atoms with Gasteiger partial charge in [0.25, 0.3) is 0 Å². The van der Waals surface area contributed by atoms with E-state index in [-0.39, 0.29) is 5.60 Å². The van der Waals surface area contributed by atoms with Gasteiger partial charge in [-0.3, -0.25) is 0 Å². The molecule has 1 N–H and O–H groups in total. The van der Waals surface area contributed by atoms with E-state index in [1.807, 2.05) is 20.8 Å². The van der Waals surface area contributed by atoms with E-state index in [1.165, 1.54) is 0 Å². The SMILES string of the molecule is C=C(NCCOCCOCCOC)OC(C)(C)C. The second-order valence-electron chi connectivity index (χ2n) is 4.78. The molecule has 0 atom stereocenters. The molecule has 0 aromatic rings. The van der Waals surface area contributed by atoms with Gasteiger partial charge in [-0.05, 0) is 27.4 Å². The summed E-state index contributed by atoms with van der Waals surface area (Å²) in [5.41, 5.74) is -0.222. The molecular weight excluding hydrogens is 234 g/mol. The van der Waals surface area contributed by atoms with Crippen LogP contribution in [0.2, 0.25) is 0 Å². The van der Waals surface area contributed by atoms with Crippen LogP contribution < -0.4 is 5.32 Å². The summed E-state index contributed by atoms with van der Waals surface area (Å²) in [6.45, 7) is 13.4. The molecule has 0 fully saturated rings. The van der Waals surface area contributed by atoms with Crippen molar-refractivity contribution < 1.29 is 18.9 Å². The maximum absolute atomic E-state index is 5.51. The van der Waals surface area contributed by atoms with Gasteiger partial charge in [0.15, 0.2) is 5.88 Å². The second-order valence-corrected chi connectivity index (χ2v) is 4.78. The maximum atomic E-state index is 5.51. The first-order valence-corrected chi connectivity index (χ1v) is 6.22. The van der Waals surface area contributed by atoms with Gasteiger partial charge in [0, 0.05) is 13.7 Å². The maximum Gasteiger partial charge on any atom is 0.179 e. The molecule has 0 radical (unpaired) electrons. The van der Waals surface area contributed by atoms with Gasteiger partial charge in [0.05, 0.1) is 33.0 Å². The zero-order valence-electron chi connectivity index (χ0n) is 12.1. The summed E-state index contributed by atoms with van der Waals surface area (Å²) in [6.07, 6.45) is 0. The Kier molecular flexibility index (Phi) is 9.73. The van der Waals surface area contributed by atoms with E-state index < -0.39 is 0 Å². The summed E-state index contributed by atoms with van der Waals surface area (Å²) in [5, 5.41) is 3.05. The quantitative estimate of drug-likeness (QED) is 0.451. The van der Waals surface area contributed by atoms with E-state index in [2.05, 4.69) is 11.9 Å². The van der Waals surface area contributed by atoms with Crippen molar-refractivity contribution in [2.75, 3.05) is 46.7 Å². The highest BCUT2D eigenvalue weighted by Gasteiger charge is 2.11. The highest BCUT2D eigenvalue weighted by molar-refractivity contribution is 4.82. The molecule has 0 aliphatic heterocycles. The van der Waals surface area contributed by atoms with Gasteiger partial charge in [-0.2, -0.15) is 0 Å². The molecule has 0 aliphatic carbocycles. The van der Waals surface area contributed by atoms with Gasteiger partial charge in [0.2, 0.25) is 0 Å². The first-order chi connectivity index (χ1) is 8.45. The van der Waals surface area contributed by atoms with Crippen molar-refractivity contribution >= 4 is 0 Å². The predicted octanol–water partition coefficient (Wildman–Crippen LogP) is 1.54. The summed E-state index contributed by atoms with van der Waals surface area (Å²) in [7, 11) is 1.65. The summed E-state index contributed by atoms with van der Waals surface area (Å²) in [6, 6.07) is 0. The van der Waals surface area contributed by atoms with Gasteiger partial charge in [-0.25, -0.2) is 0 Å². The first kappa shape index (κ1) is 17.2. The summed E-state index contributed by atoms with van der Waals surface area (Å²) >= 11 is 0. The van der Waals surface area contributed by atoms with Crippen LogP contribution in [0.3, 0.4) is 0 Å². The average molecular weight is 261 g/mol. The van der Waals surface area contributed by atoms with Crippen LogP contribution in [0.15, 0.2) is 12.5 Å². The number of hydrogen-bond acceptors (Lipinski definition) is 5. The smallest absolute Gasteiger partial charge is 0.179 e. The van der Waals surface area contributed by atoms with Gasteiger partial charge in [-0.15, -0.1) is 0 Å². The molecule has 108 valence electrons. The Bertz CT molecular complexity index is 214. The fourth-order valence-corrected chi connectivity index (χ4v) is 1.13. The van der Waals surface area contributed by atoms with Crippen molar-refractivity contribution in [3.63, 3.8) is 0 Å². The Balaban J connectivity index is 3.23. The van der Waals surface area contributed by atoms with Crippen LogP contribution in [0.4, 0.5) is 0 Å². The predicted molar refractivity (Wildman–Crippen MR) is 71.5 cm³/mol. The Morgan fingerprint density at radius 3 is 2.11 bits per heavy atom. The van der Waals surface area contributed by atoms with E-state index in [9.17, 15) is 0 Å². The van der Waals surface area contributed by atoms with Crippen molar-refractivity contribution in [2.45, 2.75) is 26.4 Å². The second kappa shape index (κ2) is 10.2. The molecule has 0 aliphatic rings. The van der Waals surface area contributed by atoms with Crippen LogP contribution in [0.25, 0.3) is 0 Å². The monoisotopic (exact) mass is 261 g/mol. The fraction of sp³-hybridized carbons (Fsp3) is 0.846. The highest BCUT2D eigenvalue weighted by atomic mass is 16.5. The molecule has 5 heteroatoms. The molecule has 18 heavy (non-hydrogen) atoms. The molecule has 0 bridgehead atoms. The molecule has 0 rings (SSSR count). The lowest BCUT2D eigenvalue weighted by Gasteiger charge is -2.23. The van der Waals surface area contributed by atoms with E-state index in [0.717, 1.165) is 0 Å². The molecule has 0 saturated heterocycles. The summed E-state index contributed by atoms with van der Waals surface area (Å²) < 4.78 is 21.0. The molecule has 0 heterocycles. The lowest BCUT2D eigenvalue weighted by atomic mass is 10.2. The third kappa shape index (κ3) is 13.3. The molecule has 0 amide bonds. The first-order valence-electron chi connectivity index (χ1n) is 6.22. The molecule has 0 saturated carbocycles. The van der Waals surface area contributed by atoms with Crippen molar-refractivity contribution in [3.8, 4) is 0 Å². The fourth-order valence-electron chi connectivity index (χ4n) is 1.13. The third-order valence-electron chi connectivity index (χ3n) is 1.80. The van der Waals surface area contributed by atoms with Crippen LogP contribution in [0.5, 0.6) is 0 Å². The van der Waals surface area contributed by atoms with Crippen LogP contribution in [0.1, 0.15) is 20.8 Å². The lowest BCUT2D eigenvalue weighted by molar-refractivity contribution is 0.0205. The number of hydrogen-bond donors (Lipinski definition) is 1. The Labute approximate surface area is 110 Å². The average Bonchev–Trinajstić information content (AvgIpc) is 2.24. The van der Waals surface area contributed by atoms with Crippen molar-refractivity contribution in [2.24, 2.45) is 0 Å². The largest absolute Gasteiger partial charge is 0.474 e. The van der Waals surface area contributed by atoms with Gasteiger partial charge < -0.3 is 24.3 Å². The van der Waals surface area contributed by atoms with Crippen LogP contribution >= 0.6 is 0 Å². The molecule has 5 nitrogen and oxygen atoms in total. The molecule has 0 unspecified atom stereocenters. The number of methoxy groups -OCH3 is 1. The number of rotatable bonds is 11. The van der Waals surface area contributed by atoms with Crippen LogP contribution in [-0.4, -0.2) is 52.3 Å². The Morgan fingerprint density at radius 1 is 1.00 bits per heavy atom. The zero-order valence-corrected chi connectivity index (χ0v) is 12.1. The van der Waals surface area contributed by atoms with Crippen LogP contribution in [0, 0.1) is 0 Å². The summed E-state index contributed by atoms with van der Waals surface area (Å²) in [5.74, 6) is 0.572. The zero-order chi connectivity index (χ0) is 13.9. The molecule has 0 aromatic carbocycles. The number of ether oxygens (including phenoxy) is 4. The Morgan fingerprint density at radius 2 is 1.56 bits per heavy atom. The minimum absolute atomic E-state index is 0.222. The van der Waals surface area contributed by atoms with Crippen molar-refractivity contribution in [1.82, 2.24) is 5.32 Å². The van der Waals surface area contributed by atoms with E-state index in [4.69, 9.17) is 18.9 Å². The van der Waals surface area contributed by atoms with Crippen molar-refractivity contribution in [3.05, 3.63) is 12.5 Å². The third-order valence-corrected chi connectivity index (χ3v) is 1.80. The topological polar surface area (TPSA) is 49.0 Å².